The van der Waals surface area contributed by atoms with Crippen molar-refractivity contribution in [2.75, 3.05) is 0 Å². The van der Waals surface area contributed by atoms with Crippen LogP contribution in [-0.2, 0) is 0 Å². The van der Waals surface area contributed by atoms with Crippen LogP contribution in [0.25, 0.3) is 0 Å². The van der Waals surface area contributed by atoms with Crippen LogP contribution in [0.5, 0.6) is 5.75 Å². The Morgan fingerprint density at radius 3 is 3.06 bits per heavy atom. The van der Waals surface area contributed by atoms with Crippen molar-refractivity contribution in [2.45, 2.75) is 50.7 Å². The first-order valence-corrected chi connectivity index (χ1v) is 6.71. The maximum atomic E-state index is 10.3. The van der Waals surface area contributed by atoms with Crippen LogP contribution in [0.3, 0.4) is 0 Å². The fourth-order valence-electron chi connectivity index (χ4n) is 3.64. The zero-order valence-corrected chi connectivity index (χ0v) is 10.4. The van der Waals surface area contributed by atoms with Crippen molar-refractivity contribution in [1.82, 2.24) is 0 Å². The third-order valence-electron chi connectivity index (χ3n) is 4.52. The van der Waals surface area contributed by atoms with Gasteiger partial charge in [0.15, 0.2) is 0 Å². The first-order chi connectivity index (χ1) is 8.25. The SMILES string of the molecule is CCC1CCCC12C[C@H](O)c1ccccc1O2. The number of hydrogen-bond acceptors (Lipinski definition) is 2. The smallest absolute Gasteiger partial charge is 0.125 e. The fourth-order valence-corrected chi connectivity index (χ4v) is 3.64. The molecule has 2 aliphatic rings. The molecule has 0 radical (unpaired) electrons. The maximum Gasteiger partial charge on any atom is 0.125 e. The summed E-state index contributed by atoms with van der Waals surface area (Å²) in [7, 11) is 0. The topological polar surface area (TPSA) is 29.5 Å². The number of ether oxygens (including phenoxy) is 1. The minimum absolute atomic E-state index is 0.0947. The maximum absolute atomic E-state index is 10.3. The van der Waals surface area contributed by atoms with E-state index >= 15 is 0 Å². The number of aliphatic hydroxyl groups excluding tert-OH is 1. The molecule has 3 atom stereocenters. The van der Waals surface area contributed by atoms with E-state index in [4.69, 9.17) is 4.74 Å². The third kappa shape index (κ3) is 1.66. The first kappa shape index (κ1) is 11.1. The lowest BCUT2D eigenvalue weighted by atomic mass is 9.80. The minimum atomic E-state index is -0.355. The summed E-state index contributed by atoms with van der Waals surface area (Å²) in [6.45, 7) is 2.23. The average Bonchev–Trinajstić information content (AvgIpc) is 2.71. The largest absolute Gasteiger partial charge is 0.486 e. The molecule has 1 aliphatic carbocycles. The Kier molecular flexibility index (Phi) is 2.62. The zero-order valence-electron chi connectivity index (χ0n) is 10.4. The Morgan fingerprint density at radius 2 is 2.24 bits per heavy atom. The molecule has 1 aromatic rings. The molecule has 0 aromatic heterocycles. The highest BCUT2D eigenvalue weighted by Gasteiger charge is 2.48. The van der Waals surface area contributed by atoms with Gasteiger partial charge in [-0.3, -0.25) is 0 Å². The van der Waals surface area contributed by atoms with E-state index < -0.39 is 0 Å². The van der Waals surface area contributed by atoms with E-state index in [0.717, 1.165) is 30.6 Å². The molecule has 0 saturated heterocycles. The van der Waals surface area contributed by atoms with Gasteiger partial charge in [-0.15, -0.1) is 0 Å². The molecule has 1 saturated carbocycles. The number of para-hydroxylation sites is 1. The molecule has 1 fully saturated rings. The molecule has 1 N–H and O–H groups in total. The zero-order chi connectivity index (χ0) is 11.9. The molecule has 2 nitrogen and oxygen atoms in total. The van der Waals surface area contributed by atoms with Gasteiger partial charge in [0.25, 0.3) is 0 Å². The Morgan fingerprint density at radius 1 is 1.41 bits per heavy atom. The fraction of sp³-hybridized carbons (Fsp3) is 0.600. The Bertz CT molecular complexity index is 415. The molecule has 17 heavy (non-hydrogen) atoms. The van der Waals surface area contributed by atoms with E-state index in [1.807, 2.05) is 24.3 Å². The minimum Gasteiger partial charge on any atom is -0.486 e. The normalized spacial score (nSPS) is 35.6. The highest BCUT2D eigenvalue weighted by atomic mass is 16.5. The molecular formula is C15H20O2. The summed E-state index contributed by atoms with van der Waals surface area (Å²) in [4.78, 5) is 0. The van der Waals surface area contributed by atoms with E-state index in [2.05, 4.69) is 6.92 Å². The summed E-state index contributed by atoms with van der Waals surface area (Å²) in [5.41, 5.74) is 0.863. The summed E-state index contributed by atoms with van der Waals surface area (Å²) in [5, 5.41) is 10.3. The van der Waals surface area contributed by atoms with Gasteiger partial charge in [-0.05, 0) is 37.7 Å². The molecule has 3 rings (SSSR count). The van der Waals surface area contributed by atoms with Gasteiger partial charge >= 0.3 is 0 Å². The van der Waals surface area contributed by atoms with Crippen molar-refractivity contribution in [2.24, 2.45) is 5.92 Å². The van der Waals surface area contributed by atoms with Gasteiger partial charge in [0.1, 0.15) is 11.4 Å². The van der Waals surface area contributed by atoms with Crippen LogP contribution >= 0.6 is 0 Å². The number of rotatable bonds is 1. The van der Waals surface area contributed by atoms with Gasteiger partial charge in [0, 0.05) is 12.0 Å². The van der Waals surface area contributed by atoms with Crippen LogP contribution in [0.4, 0.5) is 0 Å². The lowest BCUT2D eigenvalue weighted by Crippen LogP contribution is -2.44. The summed E-state index contributed by atoms with van der Waals surface area (Å²) in [5.74, 6) is 1.50. The third-order valence-corrected chi connectivity index (χ3v) is 4.52. The lowest BCUT2D eigenvalue weighted by Gasteiger charge is -2.42. The number of aliphatic hydroxyl groups is 1. The van der Waals surface area contributed by atoms with Crippen molar-refractivity contribution in [1.29, 1.82) is 0 Å². The first-order valence-electron chi connectivity index (χ1n) is 6.71. The monoisotopic (exact) mass is 232 g/mol. The van der Waals surface area contributed by atoms with Gasteiger partial charge in [-0.1, -0.05) is 25.1 Å². The molecule has 1 aromatic carbocycles. The van der Waals surface area contributed by atoms with Gasteiger partial charge in [-0.25, -0.2) is 0 Å². The second-order valence-corrected chi connectivity index (χ2v) is 5.42. The van der Waals surface area contributed by atoms with Gasteiger partial charge in [0.05, 0.1) is 6.10 Å². The van der Waals surface area contributed by atoms with Crippen LogP contribution in [0, 0.1) is 5.92 Å². The number of benzene rings is 1. The second-order valence-electron chi connectivity index (χ2n) is 5.42. The van der Waals surface area contributed by atoms with Crippen molar-refractivity contribution in [3.8, 4) is 5.75 Å². The van der Waals surface area contributed by atoms with Crippen LogP contribution in [-0.4, -0.2) is 10.7 Å². The highest BCUT2D eigenvalue weighted by Crippen LogP contribution is 2.50. The van der Waals surface area contributed by atoms with Gasteiger partial charge < -0.3 is 9.84 Å². The van der Waals surface area contributed by atoms with Crippen molar-refractivity contribution in [3.05, 3.63) is 29.8 Å². The highest BCUT2D eigenvalue weighted by molar-refractivity contribution is 5.38. The van der Waals surface area contributed by atoms with Crippen LogP contribution < -0.4 is 4.74 Å². The van der Waals surface area contributed by atoms with Crippen molar-refractivity contribution in [3.63, 3.8) is 0 Å². The van der Waals surface area contributed by atoms with E-state index in [1.165, 1.54) is 12.8 Å². The molecule has 1 spiro atoms. The van der Waals surface area contributed by atoms with Crippen LogP contribution in [0.2, 0.25) is 0 Å². The molecule has 2 heteroatoms. The summed E-state index contributed by atoms with van der Waals surface area (Å²) >= 11 is 0. The predicted molar refractivity (Wildman–Crippen MR) is 67.0 cm³/mol. The summed E-state index contributed by atoms with van der Waals surface area (Å²) < 4.78 is 6.29. The second kappa shape index (κ2) is 4.02. The van der Waals surface area contributed by atoms with Crippen molar-refractivity contribution >= 4 is 0 Å². The van der Waals surface area contributed by atoms with E-state index in [9.17, 15) is 5.11 Å². The van der Waals surface area contributed by atoms with Crippen molar-refractivity contribution < 1.29 is 9.84 Å². The van der Waals surface area contributed by atoms with Crippen LogP contribution in [0.15, 0.2) is 24.3 Å². The van der Waals surface area contributed by atoms with Gasteiger partial charge in [0.2, 0.25) is 0 Å². The molecule has 1 aliphatic heterocycles. The average molecular weight is 232 g/mol. The number of fused-ring (bicyclic) bond motifs is 1. The summed E-state index contributed by atoms with van der Waals surface area (Å²) in [6.07, 6.45) is 5.12. The molecule has 1 heterocycles. The number of hydrogen-bond donors (Lipinski definition) is 1. The molecule has 2 unspecified atom stereocenters. The van der Waals surface area contributed by atoms with E-state index in [1.54, 1.807) is 0 Å². The lowest BCUT2D eigenvalue weighted by molar-refractivity contribution is -0.0410. The van der Waals surface area contributed by atoms with Gasteiger partial charge in [-0.2, -0.15) is 0 Å². The Labute approximate surface area is 103 Å². The van der Waals surface area contributed by atoms with Crippen LogP contribution in [0.1, 0.15) is 50.7 Å². The Hall–Kier alpha value is -1.02. The Balaban J connectivity index is 1.97. The predicted octanol–water partition coefficient (Wildman–Crippen LogP) is 3.45. The molecule has 0 amide bonds. The van der Waals surface area contributed by atoms with E-state index in [0.29, 0.717) is 5.92 Å². The standard InChI is InChI=1S/C15H20O2/c1-2-11-6-5-9-15(11)10-13(16)12-7-3-4-8-14(12)17-15/h3-4,7-8,11,13,16H,2,5-6,9-10H2,1H3/t11?,13-,15?/m0/s1. The molecule has 92 valence electrons. The summed E-state index contributed by atoms with van der Waals surface area (Å²) in [6, 6.07) is 7.92. The van der Waals surface area contributed by atoms with E-state index in [-0.39, 0.29) is 11.7 Å². The quantitative estimate of drug-likeness (QED) is 0.803. The molecular weight excluding hydrogens is 212 g/mol. The molecule has 0 bridgehead atoms.